The smallest absolute Gasteiger partial charge is 0.228 e. The molecule has 0 unspecified atom stereocenters. The Morgan fingerprint density at radius 2 is 2.11 bits per heavy atom. The number of thiophene rings is 1. The van der Waals surface area contributed by atoms with Crippen LogP contribution >= 0.6 is 22.7 Å². The highest BCUT2D eigenvalue weighted by molar-refractivity contribution is 7.14. The second kappa shape index (κ2) is 6.11. The normalized spacial score (nSPS) is 10.6. The van der Waals surface area contributed by atoms with Gasteiger partial charge in [0.2, 0.25) is 5.91 Å². The minimum Gasteiger partial charge on any atom is -0.343 e. The molecule has 96 valence electrons. The van der Waals surface area contributed by atoms with Crippen molar-refractivity contribution in [1.82, 2.24) is 9.88 Å². The van der Waals surface area contributed by atoms with Crippen LogP contribution in [-0.2, 0) is 11.2 Å². The molecule has 3 nitrogen and oxygen atoms in total. The monoisotopic (exact) mass is 280 g/mol. The number of amides is 1. The maximum atomic E-state index is 12.0. The van der Waals surface area contributed by atoms with Crippen molar-refractivity contribution < 1.29 is 4.79 Å². The summed E-state index contributed by atoms with van der Waals surface area (Å²) in [6, 6.07) is 2.06. The summed E-state index contributed by atoms with van der Waals surface area (Å²) in [4.78, 5) is 18.3. The maximum absolute atomic E-state index is 12.0. The first-order chi connectivity index (χ1) is 8.74. The highest BCUT2D eigenvalue weighted by atomic mass is 32.1. The Balaban J connectivity index is 2.05. The summed E-state index contributed by atoms with van der Waals surface area (Å²) >= 11 is 3.26. The van der Waals surface area contributed by atoms with Crippen LogP contribution in [0.25, 0.3) is 10.6 Å². The van der Waals surface area contributed by atoms with Crippen molar-refractivity contribution in [3.8, 4) is 10.6 Å². The van der Waals surface area contributed by atoms with Gasteiger partial charge >= 0.3 is 0 Å². The highest BCUT2D eigenvalue weighted by Crippen LogP contribution is 2.25. The molecule has 0 aromatic carbocycles. The molecule has 0 fully saturated rings. The topological polar surface area (TPSA) is 33.2 Å². The molecular formula is C13H16N2OS2. The first kappa shape index (κ1) is 13.2. The zero-order valence-corrected chi connectivity index (χ0v) is 12.2. The molecule has 0 aliphatic heterocycles. The van der Waals surface area contributed by atoms with Gasteiger partial charge in [-0.15, -0.1) is 11.3 Å². The van der Waals surface area contributed by atoms with E-state index >= 15 is 0 Å². The summed E-state index contributed by atoms with van der Waals surface area (Å²) in [6.45, 7) is 5.52. The van der Waals surface area contributed by atoms with Gasteiger partial charge in [-0.1, -0.05) is 0 Å². The Morgan fingerprint density at radius 1 is 1.33 bits per heavy atom. The molecule has 0 saturated heterocycles. The van der Waals surface area contributed by atoms with Crippen molar-refractivity contribution in [2.24, 2.45) is 0 Å². The van der Waals surface area contributed by atoms with Crippen LogP contribution in [0.3, 0.4) is 0 Å². The van der Waals surface area contributed by atoms with Crippen LogP contribution in [0.4, 0.5) is 0 Å². The van der Waals surface area contributed by atoms with Gasteiger partial charge in [-0.2, -0.15) is 11.3 Å². The summed E-state index contributed by atoms with van der Waals surface area (Å²) in [5, 5.41) is 7.10. The van der Waals surface area contributed by atoms with E-state index < -0.39 is 0 Å². The van der Waals surface area contributed by atoms with Gasteiger partial charge in [0.25, 0.3) is 0 Å². The fourth-order valence-corrected chi connectivity index (χ4v) is 3.28. The van der Waals surface area contributed by atoms with E-state index in [1.54, 1.807) is 22.7 Å². The third kappa shape index (κ3) is 2.97. The average molecular weight is 280 g/mol. The van der Waals surface area contributed by atoms with Gasteiger partial charge < -0.3 is 4.90 Å². The molecule has 18 heavy (non-hydrogen) atoms. The molecule has 2 aromatic heterocycles. The molecule has 0 saturated carbocycles. The number of carbonyl (C=O) groups is 1. The number of carbonyl (C=O) groups excluding carboxylic acids is 1. The van der Waals surface area contributed by atoms with E-state index in [2.05, 4.69) is 16.4 Å². The lowest BCUT2D eigenvalue weighted by molar-refractivity contribution is -0.130. The van der Waals surface area contributed by atoms with Gasteiger partial charge in [0.15, 0.2) is 0 Å². The van der Waals surface area contributed by atoms with Crippen LogP contribution in [0.2, 0.25) is 0 Å². The zero-order chi connectivity index (χ0) is 13.0. The highest BCUT2D eigenvalue weighted by Gasteiger charge is 2.13. The van der Waals surface area contributed by atoms with E-state index in [4.69, 9.17) is 0 Å². The Kier molecular flexibility index (Phi) is 4.49. The fourth-order valence-electron chi connectivity index (χ4n) is 1.75. The van der Waals surface area contributed by atoms with E-state index in [-0.39, 0.29) is 5.91 Å². The first-order valence-corrected chi connectivity index (χ1v) is 7.81. The average Bonchev–Trinajstić information content (AvgIpc) is 3.00. The molecular weight excluding hydrogens is 264 g/mol. The molecule has 2 rings (SSSR count). The standard InChI is InChI=1S/C13H16N2OS2/c1-3-15(4-2)12(16)7-11-9-18-13(14-11)10-5-6-17-8-10/h5-6,8-9H,3-4,7H2,1-2H3. The summed E-state index contributed by atoms with van der Waals surface area (Å²) in [7, 11) is 0. The minimum atomic E-state index is 0.155. The Morgan fingerprint density at radius 3 is 2.72 bits per heavy atom. The minimum absolute atomic E-state index is 0.155. The SMILES string of the molecule is CCN(CC)C(=O)Cc1csc(-c2ccsc2)n1. The number of nitrogens with zero attached hydrogens (tertiary/aromatic N) is 2. The molecule has 0 aliphatic rings. The summed E-state index contributed by atoms with van der Waals surface area (Å²) in [5.74, 6) is 0.155. The van der Waals surface area contributed by atoms with E-state index in [9.17, 15) is 4.79 Å². The van der Waals surface area contributed by atoms with Crippen molar-refractivity contribution >= 4 is 28.6 Å². The quantitative estimate of drug-likeness (QED) is 0.842. The largest absolute Gasteiger partial charge is 0.343 e. The van der Waals surface area contributed by atoms with Crippen molar-refractivity contribution in [1.29, 1.82) is 0 Å². The second-order valence-electron chi connectivity index (χ2n) is 3.90. The number of hydrogen-bond acceptors (Lipinski definition) is 4. The number of aromatic nitrogens is 1. The van der Waals surface area contributed by atoms with Crippen LogP contribution in [0.1, 0.15) is 19.5 Å². The molecule has 0 radical (unpaired) electrons. The molecule has 0 atom stereocenters. The Bertz CT molecular complexity index is 501. The molecule has 0 aliphatic carbocycles. The van der Waals surface area contributed by atoms with Crippen LogP contribution in [0.5, 0.6) is 0 Å². The zero-order valence-electron chi connectivity index (χ0n) is 10.5. The Labute approximate surface area is 115 Å². The summed E-state index contributed by atoms with van der Waals surface area (Å²) in [5.41, 5.74) is 2.02. The lowest BCUT2D eigenvalue weighted by atomic mass is 10.3. The van der Waals surface area contributed by atoms with Gasteiger partial charge in [-0.05, 0) is 25.3 Å². The van der Waals surface area contributed by atoms with Crippen molar-refractivity contribution in [2.75, 3.05) is 13.1 Å². The third-order valence-electron chi connectivity index (χ3n) is 2.77. The van der Waals surface area contributed by atoms with Crippen molar-refractivity contribution in [3.63, 3.8) is 0 Å². The lowest BCUT2D eigenvalue weighted by Crippen LogP contribution is -2.31. The Hall–Kier alpha value is -1.20. The molecule has 5 heteroatoms. The number of rotatable bonds is 5. The van der Waals surface area contributed by atoms with Crippen LogP contribution in [0, 0.1) is 0 Å². The van der Waals surface area contributed by atoms with Crippen LogP contribution < -0.4 is 0 Å². The summed E-state index contributed by atoms with van der Waals surface area (Å²) in [6.07, 6.45) is 0.405. The second-order valence-corrected chi connectivity index (χ2v) is 5.54. The predicted molar refractivity (Wildman–Crippen MR) is 77.1 cm³/mol. The van der Waals surface area contributed by atoms with Gasteiger partial charge in [-0.3, -0.25) is 4.79 Å². The first-order valence-electron chi connectivity index (χ1n) is 5.99. The number of hydrogen-bond donors (Lipinski definition) is 0. The molecule has 2 aromatic rings. The van der Waals surface area contributed by atoms with E-state index in [1.807, 2.05) is 29.5 Å². The maximum Gasteiger partial charge on any atom is 0.228 e. The molecule has 1 amide bonds. The molecule has 0 bridgehead atoms. The van der Waals surface area contributed by atoms with Crippen molar-refractivity contribution in [2.45, 2.75) is 20.3 Å². The molecule has 0 spiro atoms. The van der Waals surface area contributed by atoms with Crippen LogP contribution in [0.15, 0.2) is 22.2 Å². The van der Waals surface area contributed by atoms with Gasteiger partial charge in [0, 0.05) is 29.4 Å². The number of thiazole rings is 1. The van der Waals surface area contributed by atoms with Crippen LogP contribution in [-0.4, -0.2) is 28.9 Å². The van der Waals surface area contributed by atoms with E-state index in [0.717, 1.165) is 29.4 Å². The molecule has 0 N–H and O–H groups in total. The third-order valence-corrected chi connectivity index (χ3v) is 4.39. The van der Waals surface area contributed by atoms with Gasteiger partial charge in [-0.25, -0.2) is 4.98 Å². The van der Waals surface area contributed by atoms with Gasteiger partial charge in [0.1, 0.15) is 5.01 Å². The van der Waals surface area contributed by atoms with E-state index in [1.165, 1.54) is 0 Å². The fraction of sp³-hybridized carbons (Fsp3) is 0.385. The summed E-state index contributed by atoms with van der Waals surface area (Å²) < 4.78 is 0. The number of likely N-dealkylation sites (N-methyl/N-ethyl adjacent to an activating group) is 1. The molecule has 2 heterocycles. The lowest BCUT2D eigenvalue weighted by Gasteiger charge is -2.17. The predicted octanol–water partition coefficient (Wildman–Crippen LogP) is 3.28. The van der Waals surface area contributed by atoms with Crippen molar-refractivity contribution in [3.05, 3.63) is 27.9 Å². The van der Waals surface area contributed by atoms with E-state index in [0.29, 0.717) is 6.42 Å². The van der Waals surface area contributed by atoms with Gasteiger partial charge in [0.05, 0.1) is 12.1 Å².